The number of methoxy groups -OCH3 is 1. The molecule has 2 unspecified atom stereocenters. The van der Waals surface area contributed by atoms with E-state index in [4.69, 9.17) is 27.0 Å². The average molecular weight is 352 g/mol. The van der Waals surface area contributed by atoms with E-state index in [1.54, 1.807) is 7.11 Å². The molecular formula is C13H15Cl2NO4S. The number of ether oxygens (including phenoxy) is 1. The molecule has 1 fully saturated rings. The molecule has 0 heterocycles. The molecule has 2 rings (SSSR count). The van der Waals surface area contributed by atoms with Gasteiger partial charge in [0.15, 0.2) is 0 Å². The molecule has 2 atom stereocenters. The summed E-state index contributed by atoms with van der Waals surface area (Å²) < 4.78 is 28.0. The fraction of sp³-hybridized carbons (Fsp3) is 0.462. The molecule has 116 valence electrons. The van der Waals surface area contributed by atoms with Crippen molar-refractivity contribution in [2.45, 2.75) is 36.3 Å². The van der Waals surface area contributed by atoms with E-state index < -0.39 is 15.0 Å². The lowest BCUT2D eigenvalue weighted by Crippen LogP contribution is -2.40. The van der Waals surface area contributed by atoms with E-state index in [1.165, 1.54) is 18.2 Å². The van der Waals surface area contributed by atoms with Gasteiger partial charge in [-0.05, 0) is 37.5 Å². The van der Waals surface area contributed by atoms with Crippen molar-refractivity contribution in [3.05, 3.63) is 28.8 Å². The molecule has 1 aliphatic carbocycles. The summed E-state index contributed by atoms with van der Waals surface area (Å²) in [6.45, 7) is 0. The third-order valence-electron chi connectivity index (χ3n) is 3.49. The average Bonchev–Trinajstić information content (AvgIpc) is 2.84. The first-order valence-corrected chi connectivity index (χ1v) is 9.09. The molecule has 1 amide bonds. The summed E-state index contributed by atoms with van der Waals surface area (Å²) in [6.07, 6.45) is 2.66. The highest BCUT2D eigenvalue weighted by molar-refractivity contribution is 8.13. The molecule has 8 heteroatoms. The number of amides is 1. The Bertz CT molecular complexity index is 648. The first-order valence-electron chi connectivity index (χ1n) is 6.40. The summed E-state index contributed by atoms with van der Waals surface area (Å²) >= 11 is 5.84. The van der Waals surface area contributed by atoms with E-state index in [9.17, 15) is 13.2 Å². The minimum atomic E-state index is -3.94. The van der Waals surface area contributed by atoms with Gasteiger partial charge < -0.3 is 10.1 Å². The number of nitrogens with one attached hydrogen (secondary N) is 1. The number of carbonyl (C=O) groups excluding carboxylic acids is 1. The Morgan fingerprint density at radius 1 is 1.33 bits per heavy atom. The van der Waals surface area contributed by atoms with Crippen LogP contribution in [0.4, 0.5) is 0 Å². The first kappa shape index (κ1) is 16.5. The minimum absolute atomic E-state index is 0.0237. The largest absolute Gasteiger partial charge is 0.379 e. The molecule has 5 nitrogen and oxygen atoms in total. The number of rotatable bonds is 4. The predicted octanol–water partition coefficient (Wildman–Crippen LogP) is 2.56. The topological polar surface area (TPSA) is 72.5 Å². The Morgan fingerprint density at radius 2 is 2.05 bits per heavy atom. The molecule has 1 saturated carbocycles. The quantitative estimate of drug-likeness (QED) is 0.846. The van der Waals surface area contributed by atoms with Gasteiger partial charge >= 0.3 is 0 Å². The summed E-state index contributed by atoms with van der Waals surface area (Å²) in [6, 6.07) is 3.73. The third-order valence-corrected chi connectivity index (χ3v) is 5.04. The van der Waals surface area contributed by atoms with Gasteiger partial charge in [0, 0.05) is 28.4 Å². The minimum Gasteiger partial charge on any atom is -0.379 e. The number of hydrogen-bond donors (Lipinski definition) is 1. The molecule has 0 radical (unpaired) electrons. The van der Waals surface area contributed by atoms with Crippen LogP contribution in [0.1, 0.15) is 29.6 Å². The molecule has 1 aliphatic rings. The highest BCUT2D eigenvalue weighted by Crippen LogP contribution is 2.24. The Morgan fingerprint density at radius 3 is 2.67 bits per heavy atom. The van der Waals surface area contributed by atoms with Gasteiger partial charge in [-0.1, -0.05) is 11.6 Å². The van der Waals surface area contributed by atoms with Crippen LogP contribution in [0, 0.1) is 0 Å². The summed E-state index contributed by atoms with van der Waals surface area (Å²) in [7, 11) is 2.95. The van der Waals surface area contributed by atoms with E-state index in [2.05, 4.69) is 5.32 Å². The Kier molecular flexibility index (Phi) is 5.14. The van der Waals surface area contributed by atoms with Gasteiger partial charge in [-0.3, -0.25) is 4.79 Å². The molecule has 1 N–H and O–H groups in total. The van der Waals surface area contributed by atoms with Gasteiger partial charge in [0.05, 0.1) is 17.0 Å². The number of benzene rings is 1. The summed E-state index contributed by atoms with van der Waals surface area (Å²) in [5.74, 6) is -0.395. The van der Waals surface area contributed by atoms with Crippen LogP contribution >= 0.6 is 22.3 Å². The van der Waals surface area contributed by atoms with Crippen molar-refractivity contribution in [3.8, 4) is 0 Å². The standard InChI is InChI=1S/C13H15Cl2NO4S/c1-20-12-4-2-3-11(12)16-13(17)8-5-9(14)7-10(6-8)21(15,18)19/h5-7,11-12H,2-4H2,1H3,(H,16,17). The van der Waals surface area contributed by atoms with E-state index >= 15 is 0 Å². The van der Waals surface area contributed by atoms with Crippen molar-refractivity contribution >= 4 is 37.2 Å². The lowest BCUT2D eigenvalue weighted by atomic mass is 10.1. The van der Waals surface area contributed by atoms with Crippen molar-refractivity contribution in [2.24, 2.45) is 0 Å². The molecule has 1 aromatic rings. The van der Waals surface area contributed by atoms with Gasteiger partial charge in [-0.15, -0.1) is 0 Å². The van der Waals surface area contributed by atoms with E-state index in [-0.39, 0.29) is 27.6 Å². The maximum atomic E-state index is 12.2. The van der Waals surface area contributed by atoms with E-state index in [0.717, 1.165) is 19.3 Å². The maximum absolute atomic E-state index is 12.2. The molecule has 0 aromatic heterocycles. The summed E-state index contributed by atoms with van der Waals surface area (Å²) in [4.78, 5) is 12.0. The van der Waals surface area contributed by atoms with Crippen LogP contribution in [-0.2, 0) is 13.8 Å². The zero-order valence-corrected chi connectivity index (χ0v) is 13.6. The van der Waals surface area contributed by atoms with Gasteiger partial charge in [-0.25, -0.2) is 8.42 Å². The lowest BCUT2D eigenvalue weighted by molar-refractivity contribution is 0.0722. The Hall–Kier alpha value is -0.820. The van der Waals surface area contributed by atoms with Gasteiger partial charge in [-0.2, -0.15) is 0 Å². The molecule has 0 spiro atoms. The smallest absolute Gasteiger partial charge is 0.261 e. The second-order valence-electron chi connectivity index (χ2n) is 4.90. The zero-order chi connectivity index (χ0) is 15.6. The normalized spacial score (nSPS) is 22.2. The fourth-order valence-corrected chi connectivity index (χ4v) is 3.56. The van der Waals surface area contributed by atoms with Crippen molar-refractivity contribution in [1.29, 1.82) is 0 Å². The van der Waals surface area contributed by atoms with E-state index in [1.807, 2.05) is 0 Å². The zero-order valence-electron chi connectivity index (χ0n) is 11.3. The van der Waals surface area contributed by atoms with Crippen molar-refractivity contribution in [2.75, 3.05) is 7.11 Å². The lowest BCUT2D eigenvalue weighted by Gasteiger charge is -2.19. The monoisotopic (exact) mass is 351 g/mol. The second-order valence-corrected chi connectivity index (χ2v) is 7.90. The summed E-state index contributed by atoms with van der Waals surface area (Å²) in [5, 5.41) is 2.98. The van der Waals surface area contributed by atoms with Crippen molar-refractivity contribution < 1.29 is 17.9 Å². The van der Waals surface area contributed by atoms with Crippen molar-refractivity contribution in [1.82, 2.24) is 5.32 Å². The highest BCUT2D eigenvalue weighted by atomic mass is 35.7. The molecule has 0 saturated heterocycles. The number of hydrogen-bond acceptors (Lipinski definition) is 4. The number of carbonyl (C=O) groups is 1. The van der Waals surface area contributed by atoms with E-state index in [0.29, 0.717) is 0 Å². The third kappa shape index (κ3) is 4.10. The molecule has 21 heavy (non-hydrogen) atoms. The highest BCUT2D eigenvalue weighted by Gasteiger charge is 2.29. The van der Waals surface area contributed by atoms with Crippen LogP contribution in [0.3, 0.4) is 0 Å². The Balaban J connectivity index is 2.21. The van der Waals surface area contributed by atoms with Crippen LogP contribution in [0.25, 0.3) is 0 Å². The van der Waals surface area contributed by atoms with Crippen LogP contribution in [0.2, 0.25) is 5.02 Å². The van der Waals surface area contributed by atoms with Crippen LogP contribution < -0.4 is 5.32 Å². The SMILES string of the molecule is COC1CCCC1NC(=O)c1cc(Cl)cc(S(=O)(=O)Cl)c1. The van der Waals surface area contributed by atoms with Gasteiger partial charge in [0.2, 0.25) is 0 Å². The van der Waals surface area contributed by atoms with Crippen LogP contribution in [0.5, 0.6) is 0 Å². The Labute approximate surface area is 133 Å². The van der Waals surface area contributed by atoms with Crippen LogP contribution in [-0.4, -0.2) is 33.6 Å². The maximum Gasteiger partial charge on any atom is 0.261 e. The predicted molar refractivity (Wildman–Crippen MR) is 80.4 cm³/mol. The first-order chi connectivity index (χ1) is 9.81. The van der Waals surface area contributed by atoms with Gasteiger partial charge in [0.25, 0.3) is 15.0 Å². The van der Waals surface area contributed by atoms with Gasteiger partial charge in [0.1, 0.15) is 0 Å². The van der Waals surface area contributed by atoms with Crippen LogP contribution in [0.15, 0.2) is 23.1 Å². The summed E-state index contributed by atoms with van der Waals surface area (Å²) in [5.41, 5.74) is 0.156. The number of halogens is 2. The molecular weight excluding hydrogens is 337 g/mol. The second kappa shape index (κ2) is 6.52. The fourth-order valence-electron chi connectivity index (χ4n) is 2.46. The molecule has 1 aromatic carbocycles. The molecule has 0 aliphatic heterocycles. The van der Waals surface area contributed by atoms with Crippen molar-refractivity contribution in [3.63, 3.8) is 0 Å². The molecule has 0 bridgehead atoms.